The molecule has 164 valence electrons. The lowest BCUT2D eigenvalue weighted by molar-refractivity contribution is -0.123. The third-order valence-corrected chi connectivity index (χ3v) is 7.52. The summed E-state index contributed by atoms with van der Waals surface area (Å²) in [6, 6.07) is 3.91. The topological polar surface area (TPSA) is 64.4 Å². The van der Waals surface area contributed by atoms with E-state index in [4.69, 9.17) is 4.74 Å². The van der Waals surface area contributed by atoms with Crippen molar-refractivity contribution in [1.82, 2.24) is 9.78 Å². The van der Waals surface area contributed by atoms with Crippen molar-refractivity contribution in [2.45, 2.75) is 65.3 Å². The van der Waals surface area contributed by atoms with E-state index in [-0.39, 0.29) is 17.2 Å². The summed E-state index contributed by atoms with van der Waals surface area (Å²) in [5.41, 5.74) is 1.45. The predicted octanol–water partition coefficient (Wildman–Crippen LogP) is 4.93. The van der Waals surface area contributed by atoms with Crippen molar-refractivity contribution in [1.29, 1.82) is 0 Å². The lowest BCUT2D eigenvalue weighted by atomic mass is 9.82. The molecule has 1 fully saturated rings. The van der Waals surface area contributed by atoms with E-state index in [0.717, 1.165) is 36.3 Å². The number of methoxy groups -OCH3 is 1. The lowest BCUT2D eigenvalue weighted by Crippen LogP contribution is -2.38. The Morgan fingerprint density at radius 3 is 2.47 bits per heavy atom. The minimum absolute atomic E-state index is 0.0158. The minimum Gasteiger partial charge on any atom is -0.465 e. The van der Waals surface area contributed by atoms with Gasteiger partial charge in [0.2, 0.25) is 5.91 Å². The molecule has 0 atom stereocenters. The van der Waals surface area contributed by atoms with Gasteiger partial charge in [-0.1, -0.05) is 27.7 Å². The smallest absolute Gasteiger partial charge is 0.350 e. The number of carbonyl (C=O) groups is 2. The fraction of sp³-hybridized carbons (Fsp3) is 0.609. The van der Waals surface area contributed by atoms with Crippen molar-refractivity contribution in [2.24, 2.45) is 18.9 Å². The maximum Gasteiger partial charge on any atom is 0.350 e. The Hall–Kier alpha value is -2.15. The first-order valence-electron chi connectivity index (χ1n) is 10.6. The highest BCUT2D eigenvalue weighted by atomic mass is 32.1. The fourth-order valence-electron chi connectivity index (χ4n) is 3.92. The first-order chi connectivity index (χ1) is 14.1. The molecule has 2 aromatic rings. The molecule has 2 heterocycles. The van der Waals surface area contributed by atoms with Gasteiger partial charge in [0.05, 0.1) is 25.0 Å². The first kappa shape index (κ1) is 22.5. The van der Waals surface area contributed by atoms with Gasteiger partial charge in [-0.25, -0.2) is 4.79 Å². The van der Waals surface area contributed by atoms with Crippen molar-refractivity contribution in [3.8, 4) is 0 Å². The molecule has 1 saturated carbocycles. The van der Waals surface area contributed by atoms with Crippen molar-refractivity contribution < 1.29 is 14.3 Å². The van der Waals surface area contributed by atoms with Gasteiger partial charge in [-0.3, -0.25) is 9.48 Å². The highest BCUT2D eigenvalue weighted by Gasteiger charge is 2.34. The van der Waals surface area contributed by atoms with Crippen LogP contribution in [-0.4, -0.2) is 28.8 Å². The van der Waals surface area contributed by atoms with Crippen molar-refractivity contribution in [2.75, 3.05) is 12.0 Å². The van der Waals surface area contributed by atoms with Crippen molar-refractivity contribution in [3.05, 3.63) is 33.8 Å². The van der Waals surface area contributed by atoms with Gasteiger partial charge in [0.25, 0.3) is 0 Å². The van der Waals surface area contributed by atoms with Crippen LogP contribution >= 0.6 is 11.3 Å². The fourth-order valence-corrected chi connectivity index (χ4v) is 5.06. The number of esters is 1. The summed E-state index contributed by atoms with van der Waals surface area (Å²) >= 11 is 1.42. The summed E-state index contributed by atoms with van der Waals surface area (Å²) in [5, 5.41) is 4.25. The number of anilines is 1. The highest BCUT2D eigenvalue weighted by molar-refractivity contribution is 7.14. The maximum absolute atomic E-state index is 13.7. The Morgan fingerprint density at radius 2 is 1.93 bits per heavy atom. The van der Waals surface area contributed by atoms with Crippen LogP contribution in [0.3, 0.4) is 0 Å². The largest absolute Gasteiger partial charge is 0.465 e. The molecule has 7 heteroatoms. The van der Waals surface area contributed by atoms with Gasteiger partial charge in [-0.15, -0.1) is 11.3 Å². The molecule has 1 aliphatic rings. The molecule has 1 aliphatic carbocycles. The van der Waals surface area contributed by atoms with E-state index in [2.05, 4.69) is 32.8 Å². The number of rotatable bonds is 5. The normalized spacial score (nSPS) is 19.5. The standard InChI is InChI=1S/C23H33N3O3S/c1-15-7-9-16(10-8-15)21(27)26(14-17-11-12-24-25(17)5)18-13-19(23(2,3)4)30-20(18)22(28)29-6/h11-13,15-16H,7-10,14H2,1-6H3. The molecule has 0 aromatic carbocycles. The summed E-state index contributed by atoms with van der Waals surface area (Å²) in [6.45, 7) is 8.96. The zero-order valence-electron chi connectivity index (χ0n) is 18.9. The highest BCUT2D eigenvalue weighted by Crippen LogP contribution is 2.40. The van der Waals surface area contributed by atoms with Crippen LogP contribution in [0, 0.1) is 11.8 Å². The number of carbonyl (C=O) groups excluding carboxylic acids is 2. The van der Waals surface area contributed by atoms with Crippen LogP contribution in [0.1, 0.15) is 73.6 Å². The molecule has 0 unspecified atom stereocenters. The molecule has 0 radical (unpaired) electrons. The Labute approximate surface area is 183 Å². The number of hydrogen-bond donors (Lipinski definition) is 0. The second-order valence-corrected chi connectivity index (χ2v) is 10.4. The molecule has 1 amide bonds. The number of aromatic nitrogens is 2. The van der Waals surface area contributed by atoms with Gasteiger partial charge in [0.15, 0.2) is 0 Å². The third-order valence-electron chi connectivity index (χ3n) is 5.99. The summed E-state index contributed by atoms with van der Waals surface area (Å²) in [6.07, 6.45) is 5.65. The maximum atomic E-state index is 13.7. The molecular weight excluding hydrogens is 398 g/mol. The molecule has 2 aromatic heterocycles. The van der Waals surface area contributed by atoms with Gasteiger partial charge < -0.3 is 9.64 Å². The second-order valence-electron chi connectivity index (χ2n) is 9.39. The quantitative estimate of drug-likeness (QED) is 0.630. The molecule has 0 spiro atoms. The Bertz CT molecular complexity index is 901. The molecule has 0 aliphatic heterocycles. The second kappa shape index (κ2) is 8.92. The molecule has 0 bridgehead atoms. The molecule has 6 nitrogen and oxygen atoms in total. The number of amides is 1. The summed E-state index contributed by atoms with van der Waals surface area (Å²) in [4.78, 5) is 29.7. The van der Waals surface area contributed by atoms with Crippen molar-refractivity contribution >= 4 is 28.9 Å². The van der Waals surface area contributed by atoms with Gasteiger partial charge in [0.1, 0.15) is 4.88 Å². The van der Waals surface area contributed by atoms with E-state index >= 15 is 0 Å². The summed E-state index contributed by atoms with van der Waals surface area (Å²) in [5.74, 6) is 0.342. The summed E-state index contributed by atoms with van der Waals surface area (Å²) in [7, 11) is 3.26. The van der Waals surface area contributed by atoms with Crippen LogP contribution in [0.25, 0.3) is 0 Å². The van der Waals surface area contributed by atoms with Crippen LogP contribution in [0.4, 0.5) is 5.69 Å². The molecule has 30 heavy (non-hydrogen) atoms. The minimum atomic E-state index is -0.398. The number of nitrogens with zero attached hydrogens (tertiary/aromatic N) is 3. The Morgan fingerprint density at radius 1 is 1.27 bits per heavy atom. The van der Waals surface area contributed by atoms with Gasteiger partial charge >= 0.3 is 5.97 Å². The molecule has 3 rings (SSSR count). The van der Waals surface area contributed by atoms with E-state index < -0.39 is 5.97 Å². The number of thiophene rings is 1. The number of aryl methyl sites for hydroxylation is 1. The summed E-state index contributed by atoms with van der Waals surface area (Å²) < 4.78 is 6.84. The van der Waals surface area contributed by atoms with Crippen LogP contribution in [0.2, 0.25) is 0 Å². The molecular formula is C23H33N3O3S. The average Bonchev–Trinajstić information content (AvgIpc) is 3.32. The lowest BCUT2D eigenvalue weighted by Gasteiger charge is -2.31. The predicted molar refractivity (Wildman–Crippen MR) is 120 cm³/mol. The third kappa shape index (κ3) is 4.77. The Balaban J connectivity index is 2.05. The zero-order chi connectivity index (χ0) is 22.1. The van der Waals surface area contributed by atoms with E-state index in [1.807, 2.05) is 19.2 Å². The zero-order valence-corrected chi connectivity index (χ0v) is 19.7. The van der Waals surface area contributed by atoms with E-state index in [1.165, 1.54) is 18.4 Å². The monoisotopic (exact) mass is 431 g/mol. The number of hydrogen-bond acceptors (Lipinski definition) is 5. The van der Waals surface area contributed by atoms with Crippen LogP contribution in [0.5, 0.6) is 0 Å². The van der Waals surface area contributed by atoms with E-state index in [1.54, 1.807) is 15.8 Å². The van der Waals surface area contributed by atoms with Crippen LogP contribution in [0.15, 0.2) is 18.3 Å². The first-order valence-corrected chi connectivity index (χ1v) is 11.4. The van der Waals surface area contributed by atoms with E-state index in [9.17, 15) is 9.59 Å². The van der Waals surface area contributed by atoms with E-state index in [0.29, 0.717) is 23.0 Å². The SMILES string of the molecule is COC(=O)c1sc(C(C)(C)C)cc1N(Cc1ccnn1C)C(=O)C1CCC(C)CC1. The van der Waals surface area contributed by atoms with Gasteiger partial charge in [0, 0.05) is 24.0 Å². The average molecular weight is 432 g/mol. The number of ether oxygens (including phenoxy) is 1. The molecule has 0 saturated heterocycles. The van der Waals surface area contributed by atoms with Gasteiger partial charge in [-0.2, -0.15) is 5.10 Å². The molecule has 0 N–H and O–H groups in total. The van der Waals surface area contributed by atoms with Crippen LogP contribution < -0.4 is 4.90 Å². The van der Waals surface area contributed by atoms with Crippen LogP contribution in [-0.2, 0) is 28.5 Å². The van der Waals surface area contributed by atoms with Gasteiger partial charge in [-0.05, 0) is 49.1 Å². The Kier molecular flexibility index (Phi) is 6.70. The van der Waals surface area contributed by atoms with Crippen molar-refractivity contribution in [3.63, 3.8) is 0 Å².